The first-order valence-electron chi connectivity index (χ1n) is 9.97. The van der Waals surface area contributed by atoms with E-state index in [1.165, 1.54) is 36.2 Å². The number of nitrogens with two attached hydrogens (primary N) is 1. The highest BCUT2D eigenvalue weighted by atomic mass is 35.5. The number of alkyl halides is 3. The van der Waals surface area contributed by atoms with Crippen LogP contribution in [0.25, 0.3) is 0 Å². The van der Waals surface area contributed by atoms with Crippen LogP contribution in [0.1, 0.15) is 43.6 Å². The van der Waals surface area contributed by atoms with E-state index in [2.05, 4.69) is 10.1 Å². The lowest BCUT2D eigenvalue weighted by molar-refractivity contribution is -0.142. The normalized spacial score (nSPS) is 18.0. The Balaban J connectivity index is 1.94. The van der Waals surface area contributed by atoms with Gasteiger partial charge in [-0.15, -0.1) is 0 Å². The predicted molar refractivity (Wildman–Crippen MR) is 113 cm³/mol. The largest absolute Gasteiger partial charge is 0.436 e. The van der Waals surface area contributed by atoms with Crippen molar-refractivity contribution in [3.63, 3.8) is 0 Å². The number of halogens is 5. The summed E-state index contributed by atoms with van der Waals surface area (Å²) < 4.78 is 54.2. The first kappa shape index (κ1) is 23.8. The summed E-state index contributed by atoms with van der Waals surface area (Å²) in [6, 6.07) is 4.72. The maximum Gasteiger partial charge on any atom is 0.436 e. The van der Waals surface area contributed by atoms with Crippen LogP contribution < -0.4 is 5.73 Å². The lowest BCUT2D eigenvalue weighted by Gasteiger charge is -2.22. The number of allylic oxidation sites excluding steroid dienone is 1. The van der Waals surface area contributed by atoms with Gasteiger partial charge in [0.15, 0.2) is 5.69 Å². The van der Waals surface area contributed by atoms with Crippen LogP contribution in [0.3, 0.4) is 0 Å². The van der Waals surface area contributed by atoms with E-state index in [0.717, 1.165) is 4.68 Å². The highest BCUT2D eigenvalue weighted by Gasteiger charge is 2.42. The van der Waals surface area contributed by atoms with E-state index >= 15 is 0 Å². The highest BCUT2D eigenvalue weighted by Crippen LogP contribution is 2.38. The number of likely N-dealkylation sites (tertiary alicyclic amines) is 1. The second-order valence-electron chi connectivity index (χ2n) is 7.32. The molecule has 0 aliphatic carbocycles. The summed E-state index contributed by atoms with van der Waals surface area (Å²) >= 11 is 5.84. The summed E-state index contributed by atoms with van der Waals surface area (Å²) in [5, 5.41) is 3.05. The number of aliphatic imine (C=N–C) groups is 1. The molecule has 6 nitrogen and oxygen atoms in total. The molecule has 32 heavy (non-hydrogen) atoms. The molecule has 0 spiro atoms. The summed E-state index contributed by atoms with van der Waals surface area (Å²) in [5.41, 5.74) is 5.82. The smallest absolute Gasteiger partial charge is 0.403 e. The monoisotopic (exact) mass is 471 g/mol. The Labute approximate surface area is 187 Å². The van der Waals surface area contributed by atoms with Crippen molar-refractivity contribution in [2.75, 3.05) is 6.54 Å². The maximum absolute atomic E-state index is 13.6. The zero-order valence-electron chi connectivity index (χ0n) is 17.5. The summed E-state index contributed by atoms with van der Waals surface area (Å²) in [6.07, 6.45) is -2.15. The molecule has 2 N–H and O–H groups in total. The number of hydrogen-bond donors (Lipinski definition) is 1. The molecule has 3 rings (SSSR count). The summed E-state index contributed by atoms with van der Waals surface area (Å²) in [5.74, 6) is -0.926. The van der Waals surface area contributed by atoms with Crippen LogP contribution >= 0.6 is 11.6 Å². The minimum absolute atomic E-state index is 0.0553. The molecule has 1 aliphatic heterocycles. The van der Waals surface area contributed by atoms with Gasteiger partial charge >= 0.3 is 6.18 Å². The number of hydrogen-bond acceptors (Lipinski definition) is 4. The van der Waals surface area contributed by atoms with Crippen molar-refractivity contribution in [1.82, 2.24) is 14.7 Å². The van der Waals surface area contributed by atoms with E-state index in [9.17, 15) is 22.4 Å². The van der Waals surface area contributed by atoms with Crippen molar-refractivity contribution in [3.05, 3.63) is 58.4 Å². The summed E-state index contributed by atoms with van der Waals surface area (Å²) in [4.78, 5) is 19.0. The number of rotatable bonds is 6. The molecule has 11 heteroatoms. The van der Waals surface area contributed by atoms with Gasteiger partial charge in [0, 0.05) is 12.7 Å². The summed E-state index contributed by atoms with van der Waals surface area (Å²) in [7, 11) is 0. The molecule has 1 unspecified atom stereocenters. The minimum Gasteiger partial charge on any atom is -0.403 e. The van der Waals surface area contributed by atoms with E-state index in [1.54, 1.807) is 6.07 Å². The number of aromatic nitrogens is 2. The Morgan fingerprint density at radius 3 is 2.69 bits per heavy atom. The lowest BCUT2D eigenvalue weighted by atomic mass is 10.1. The van der Waals surface area contributed by atoms with Crippen molar-refractivity contribution in [2.45, 2.75) is 45.3 Å². The van der Waals surface area contributed by atoms with Crippen LogP contribution in [-0.4, -0.2) is 32.8 Å². The predicted octanol–water partition coefficient (Wildman–Crippen LogP) is 5.15. The molecule has 1 saturated heterocycles. The van der Waals surface area contributed by atoms with E-state index in [-0.39, 0.29) is 18.7 Å². The molecule has 172 valence electrons. The molecule has 1 atom stereocenters. The Morgan fingerprint density at radius 2 is 2.12 bits per heavy atom. The lowest BCUT2D eigenvalue weighted by Crippen LogP contribution is -2.32. The molecule has 0 bridgehead atoms. The number of amides is 1. The van der Waals surface area contributed by atoms with Crippen LogP contribution in [0, 0.1) is 12.7 Å². The van der Waals surface area contributed by atoms with Gasteiger partial charge in [-0.25, -0.2) is 4.39 Å². The van der Waals surface area contributed by atoms with E-state index in [4.69, 9.17) is 17.3 Å². The molecule has 2 aromatic rings. The van der Waals surface area contributed by atoms with Crippen molar-refractivity contribution in [1.29, 1.82) is 0 Å². The Morgan fingerprint density at radius 1 is 1.41 bits per heavy atom. The first-order valence-corrected chi connectivity index (χ1v) is 10.3. The second kappa shape index (κ2) is 9.32. The fourth-order valence-electron chi connectivity index (χ4n) is 3.64. The van der Waals surface area contributed by atoms with E-state index < -0.39 is 34.7 Å². The van der Waals surface area contributed by atoms with Crippen molar-refractivity contribution in [2.24, 2.45) is 10.7 Å². The van der Waals surface area contributed by atoms with Gasteiger partial charge in [0.05, 0.1) is 27.8 Å². The third kappa shape index (κ3) is 4.64. The van der Waals surface area contributed by atoms with Gasteiger partial charge in [-0.2, -0.15) is 18.3 Å². The Hall–Kier alpha value is -2.88. The zero-order valence-corrected chi connectivity index (χ0v) is 18.2. The molecule has 2 heterocycles. The number of benzene rings is 1. The maximum atomic E-state index is 13.6. The van der Waals surface area contributed by atoms with Crippen LogP contribution in [0.15, 0.2) is 41.2 Å². The van der Waals surface area contributed by atoms with E-state index in [1.807, 2.05) is 6.92 Å². The number of carbonyl (C=O) groups is 1. The van der Waals surface area contributed by atoms with Gasteiger partial charge in [-0.05, 0) is 38.0 Å². The van der Waals surface area contributed by atoms with Gasteiger partial charge < -0.3 is 10.6 Å². The van der Waals surface area contributed by atoms with Crippen molar-refractivity contribution >= 4 is 28.9 Å². The second-order valence-corrected chi connectivity index (χ2v) is 7.70. The van der Waals surface area contributed by atoms with E-state index in [0.29, 0.717) is 29.9 Å². The topological polar surface area (TPSA) is 76.5 Å². The first-order chi connectivity index (χ1) is 15.1. The minimum atomic E-state index is -4.73. The van der Waals surface area contributed by atoms with Crippen LogP contribution in [0.4, 0.5) is 23.2 Å². The van der Waals surface area contributed by atoms with Crippen LogP contribution in [0.2, 0.25) is 5.02 Å². The standard InChI is InChI=1S/C21H22ClF4N5O/c1-3-5-15(28-14-7-4-6-13(23)10-14)17(11-27)30-9-8-16(20(30)32)31-12(2)18(22)19(29-31)21(24,25)26/h4,6-7,10-11,16H,3,5,8-9,27H2,1-2H3. The average Bonchev–Trinajstić information content (AvgIpc) is 3.23. The van der Waals surface area contributed by atoms with Gasteiger partial charge in [-0.3, -0.25) is 14.5 Å². The van der Waals surface area contributed by atoms with Crippen LogP contribution in [-0.2, 0) is 11.0 Å². The average molecular weight is 472 g/mol. The highest BCUT2D eigenvalue weighted by molar-refractivity contribution is 6.32. The number of carbonyl (C=O) groups excluding carboxylic acids is 1. The van der Waals surface area contributed by atoms with Gasteiger partial charge in [-0.1, -0.05) is 31.0 Å². The fraction of sp³-hybridized carbons (Fsp3) is 0.381. The summed E-state index contributed by atoms with van der Waals surface area (Å²) in [6.45, 7) is 3.50. The van der Waals surface area contributed by atoms with Gasteiger partial charge in [0.25, 0.3) is 5.91 Å². The molecule has 1 aromatic carbocycles. The SMILES string of the molecule is CCCC(=Nc1cccc(F)c1)C(=CN)N1CCC(n2nc(C(F)(F)F)c(Cl)c2C)C1=O. The van der Waals surface area contributed by atoms with Crippen molar-refractivity contribution < 1.29 is 22.4 Å². The molecular weight excluding hydrogens is 450 g/mol. The molecule has 1 fully saturated rings. The van der Waals surface area contributed by atoms with Crippen LogP contribution in [0.5, 0.6) is 0 Å². The fourth-order valence-corrected chi connectivity index (χ4v) is 3.87. The van der Waals surface area contributed by atoms with Crippen molar-refractivity contribution in [3.8, 4) is 0 Å². The number of nitrogens with zero attached hydrogens (tertiary/aromatic N) is 4. The zero-order chi connectivity index (χ0) is 23.6. The van der Waals surface area contributed by atoms with Gasteiger partial charge in [0.2, 0.25) is 0 Å². The molecular formula is C21H22ClF4N5O. The molecule has 1 aliphatic rings. The molecule has 0 saturated carbocycles. The molecule has 1 amide bonds. The quantitative estimate of drug-likeness (QED) is 0.467. The Bertz CT molecular complexity index is 1080. The Kier molecular flexibility index (Phi) is 6.92. The van der Waals surface area contributed by atoms with Gasteiger partial charge in [0.1, 0.15) is 11.9 Å². The molecule has 0 radical (unpaired) electrons. The molecule has 1 aromatic heterocycles. The third-order valence-corrected chi connectivity index (χ3v) is 5.57. The third-order valence-electron chi connectivity index (χ3n) is 5.12.